The molecule has 1 aromatic heterocycles. The molecule has 0 amide bonds. The molecule has 0 aliphatic heterocycles. The summed E-state index contributed by atoms with van der Waals surface area (Å²) in [4.78, 5) is 4.27. The van der Waals surface area contributed by atoms with Crippen molar-refractivity contribution in [1.82, 2.24) is 4.98 Å². The molecular weight excluding hydrogens is 264 g/mol. The number of aromatic nitrogens is 1. The minimum atomic E-state index is 0.748. The second kappa shape index (κ2) is 5.12. The summed E-state index contributed by atoms with van der Waals surface area (Å²) in [6.45, 7) is 2.84. The third-order valence-electron chi connectivity index (χ3n) is 2.45. The number of pyridine rings is 1. The molecule has 0 radical (unpaired) electrons. The van der Waals surface area contributed by atoms with Gasteiger partial charge in [-0.15, -0.1) is 0 Å². The molecule has 0 spiro atoms. The minimum absolute atomic E-state index is 0.748. The molecule has 0 saturated heterocycles. The van der Waals surface area contributed by atoms with E-state index in [-0.39, 0.29) is 0 Å². The zero-order chi connectivity index (χ0) is 11.4. The van der Waals surface area contributed by atoms with Crippen LogP contribution in [0.3, 0.4) is 0 Å². The molecule has 0 aliphatic rings. The summed E-state index contributed by atoms with van der Waals surface area (Å²) in [7, 11) is 0. The molecule has 2 aromatic rings. The van der Waals surface area contributed by atoms with E-state index in [0.29, 0.717) is 0 Å². The van der Waals surface area contributed by atoms with Gasteiger partial charge in [-0.25, -0.2) is 0 Å². The lowest BCUT2D eigenvalue weighted by molar-refractivity contribution is 1.04. The predicted molar refractivity (Wildman–Crippen MR) is 70.4 cm³/mol. The number of anilines is 1. The van der Waals surface area contributed by atoms with Crippen molar-refractivity contribution in [2.24, 2.45) is 0 Å². The molecule has 0 saturated carbocycles. The Bertz CT molecular complexity index is 469. The molecule has 0 atom stereocenters. The highest BCUT2D eigenvalue weighted by atomic mass is 79.9. The molecule has 0 bridgehead atoms. The number of rotatable bonds is 3. The Balaban J connectivity index is 2.08. The van der Waals surface area contributed by atoms with Crippen LogP contribution < -0.4 is 5.32 Å². The fourth-order valence-electron chi connectivity index (χ4n) is 1.49. The number of benzene rings is 1. The van der Waals surface area contributed by atoms with Gasteiger partial charge in [0, 0.05) is 16.4 Å². The first-order valence-electron chi connectivity index (χ1n) is 5.16. The number of hydrogen-bond acceptors (Lipinski definition) is 2. The van der Waals surface area contributed by atoms with E-state index in [2.05, 4.69) is 39.2 Å². The molecule has 16 heavy (non-hydrogen) atoms. The predicted octanol–water partition coefficient (Wildman–Crippen LogP) is 3.76. The van der Waals surface area contributed by atoms with Crippen molar-refractivity contribution >= 4 is 21.6 Å². The maximum absolute atomic E-state index is 4.27. The van der Waals surface area contributed by atoms with Crippen molar-refractivity contribution in [3.05, 3.63) is 58.3 Å². The number of halogens is 1. The van der Waals surface area contributed by atoms with E-state index >= 15 is 0 Å². The summed E-state index contributed by atoms with van der Waals surface area (Å²) in [5.41, 5.74) is 3.40. The van der Waals surface area contributed by atoms with Crippen LogP contribution in [0.4, 0.5) is 5.69 Å². The molecule has 2 rings (SSSR count). The Morgan fingerprint density at radius 2 is 2.06 bits per heavy atom. The van der Waals surface area contributed by atoms with Crippen LogP contribution in [0, 0.1) is 6.92 Å². The average molecular weight is 277 g/mol. The highest BCUT2D eigenvalue weighted by Crippen LogP contribution is 2.23. The SMILES string of the molecule is Cc1c(Br)cccc1NCc1ccccn1. The third kappa shape index (κ3) is 2.61. The topological polar surface area (TPSA) is 24.9 Å². The van der Waals surface area contributed by atoms with Crippen molar-refractivity contribution in [2.75, 3.05) is 5.32 Å². The van der Waals surface area contributed by atoms with Crippen LogP contribution in [0.15, 0.2) is 47.1 Å². The smallest absolute Gasteiger partial charge is 0.0594 e. The Hall–Kier alpha value is -1.35. The number of hydrogen-bond donors (Lipinski definition) is 1. The highest BCUT2D eigenvalue weighted by molar-refractivity contribution is 9.10. The van der Waals surface area contributed by atoms with E-state index in [1.165, 1.54) is 5.56 Å². The van der Waals surface area contributed by atoms with Crippen LogP contribution in [0.1, 0.15) is 11.3 Å². The standard InChI is InChI=1S/C13H13BrN2/c1-10-12(14)6-4-7-13(10)16-9-11-5-2-3-8-15-11/h2-8,16H,9H2,1H3. The zero-order valence-corrected chi connectivity index (χ0v) is 10.7. The molecular formula is C13H13BrN2. The van der Waals surface area contributed by atoms with Gasteiger partial charge >= 0.3 is 0 Å². The van der Waals surface area contributed by atoms with Crippen molar-refractivity contribution in [1.29, 1.82) is 0 Å². The first-order valence-corrected chi connectivity index (χ1v) is 5.95. The normalized spacial score (nSPS) is 10.1. The minimum Gasteiger partial charge on any atom is -0.379 e. The van der Waals surface area contributed by atoms with Gasteiger partial charge in [-0.05, 0) is 36.8 Å². The van der Waals surface area contributed by atoms with Gasteiger partial charge in [0.25, 0.3) is 0 Å². The van der Waals surface area contributed by atoms with E-state index in [0.717, 1.165) is 22.4 Å². The van der Waals surface area contributed by atoms with Gasteiger partial charge in [-0.1, -0.05) is 28.1 Å². The molecule has 1 heterocycles. The Labute approximate surface area is 104 Å². The van der Waals surface area contributed by atoms with Crippen LogP contribution in [-0.2, 0) is 6.54 Å². The van der Waals surface area contributed by atoms with Gasteiger partial charge in [0.05, 0.1) is 12.2 Å². The van der Waals surface area contributed by atoms with Crippen molar-refractivity contribution in [3.63, 3.8) is 0 Å². The summed E-state index contributed by atoms with van der Waals surface area (Å²) < 4.78 is 1.12. The molecule has 0 unspecified atom stereocenters. The van der Waals surface area contributed by atoms with E-state index in [4.69, 9.17) is 0 Å². The Morgan fingerprint density at radius 3 is 2.81 bits per heavy atom. The lowest BCUT2D eigenvalue weighted by Gasteiger charge is -2.10. The molecule has 3 heteroatoms. The largest absolute Gasteiger partial charge is 0.379 e. The van der Waals surface area contributed by atoms with Gasteiger partial charge in [0.1, 0.15) is 0 Å². The van der Waals surface area contributed by atoms with E-state index in [1.54, 1.807) is 0 Å². The summed E-state index contributed by atoms with van der Waals surface area (Å²) in [6, 6.07) is 12.1. The molecule has 1 N–H and O–H groups in total. The monoisotopic (exact) mass is 276 g/mol. The van der Waals surface area contributed by atoms with Crippen LogP contribution >= 0.6 is 15.9 Å². The lowest BCUT2D eigenvalue weighted by atomic mass is 10.2. The summed E-state index contributed by atoms with van der Waals surface area (Å²) >= 11 is 3.52. The average Bonchev–Trinajstić information content (AvgIpc) is 2.32. The summed E-state index contributed by atoms with van der Waals surface area (Å²) in [6.07, 6.45) is 1.81. The maximum Gasteiger partial charge on any atom is 0.0594 e. The van der Waals surface area contributed by atoms with Crippen molar-refractivity contribution < 1.29 is 0 Å². The summed E-state index contributed by atoms with van der Waals surface area (Å²) in [5.74, 6) is 0. The van der Waals surface area contributed by atoms with Crippen molar-refractivity contribution in [3.8, 4) is 0 Å². The summed E-state index contributed by atoms with van der Waals surface area (Å²) in [5, 5.41) is 3.38. The van der Waals surface area contributed by atoms with Gasteiger partial charge in [0.2, 0.25) is 0 Å². The molecule has 1 aromatic carbocycles. The van der Waals surface area contributed by atoms with Crippen LogP contribution in [0.2, 0.25) is 0 Å². The second-order valence-corrected chi connectivity index (χ2v) is 4.44. The first-order chi connectivity index (χ1) is 7.77. The molecule has 82 valence electrons. The fraction of sp³-hybridized carbons (Fsp3) is 0.154. The number of nitrogens with zero attached hydrogens (tertiary/aromatic N) is 1. The van der Waals surface area contributed by atoms with Gasteiger partial charge in [-0.2, -0.15) is 0 Å². The maximum atomic E-state index is 4.27. The zero-order valence-electron chi connectivity index (χ0n) is 9.07. The fourth-order valence-corrected chi connectivity index (χ4v) is 1.85. The molecule has 0 aliphatic carbocycles. The second-order valence-electron chi connectivity index (χ2n) is 3.59. The van der Waals surface area contributed by atoms with Gasteiger partial charge < -0.3 is 5.32 Å². The van der Waals surface area contributed by atoms with E-state index in [9.17, 15) is 0 Å². The third-order valence-corrected chi connectivity index (χ3v) is 3.31. The lowest BCUT2D eigenvalue weighted by Crippen LogP contribution is -2.02. The van der Waals surface area contributed by atoms with Crippen molar-refractivity contribution in [2.45, 2.75) is 13.5 Å². The van der Waals surface area contributed by atoms with Crippen LogP contribution in [-0.4, -0.2) is 4.98 Å². The van der Waals surface area contributed by atoms with Crippen LogP contribution in [0.25, 0.3) is 0 Å². The Morgan fingerprint density at radius 1 is 1.19 bits per heavy atom. The highest BCUT2D eigenvalue weighted by Gasteiger charge is 2.01. The van der Waals surface area contributed by atoms with Crippen LogP contribution in [0.5, 0.6) is 0 Å². The van der Waals surface area contributed by atoms with Gasteiger partial charge in [-0.3, -0.25) is 4.98 Å². The Kier molecular flexibility index (Phi) is 3.57. The number of nitrogens with one attached hydrogen (secondary N) is 1. The molecule has 0 fully saturated rings. The van der Waals surface area contributed by atoms with Gasteiger partial charge in [0.15, 0.2) is 0 Å². The quantitative estimate of drug-likeness (QED) is 0.923. The van der Waals surface area contributed by atoms with E-state index < -0.39 is 0 Å². The molecule has 2 nitrogen and oxygen atoms in total. The first kappa shape index (κ1) is 11.1. The van der Waals surface area contributed by atoms with E-state index in [1.807, 2.05) is 36.5 Å².